The molecular weight excluding hydrogens is 256 g/mol. The lowest BCUT2D eigenvalue weighted by molar-refractivity contribution is -0.130. The van der Waals surface area contributed by atoms with E-state index in [9.17, 15) is 9.59 Å². The first kappa shape index (κ1) is 16.0. The Bertz CT molecular complexity index is 518. The highest BCUT2D eigenvalue weighted by Crippen LogP contribution is 2.18. The highest BCUT2D eigenvalue weighted by molar-refractivity contribution is 5.97. The number of nitrogens with one attached hydrogen (secondary N) is 1. The Kier molecular flexibility index (Phi) is 4.76. The van der Waals surface area contributed by atoms with E-state index >= 15 is 0 Å². The smallest absolute Gasteiger partial charge is 0.341 e. The van der Waals surface area contributed by atoms with E-state index < -0.39 is 12.1 Å². The molecule has 0 saturated carbocycles. The van der Waals surface area contributed by atoms with Crippen LogP contribution in [-0.2, 0) is 9.53 Å². The van der Waals surface area contributed by atoms with Gasteiger partial charge in [0.1, 0.15) is 0 Å². The van der Waals surface area contributed by atoms with Crippen molar-refractivity contribution in [3.8, 4) is 0 Å². The van der Waals surface area contributed by atoms with Crippen LogP contribution in [0.15, 0.2) is 18.2 Å². The van der Waals surface area contributed by atoms with Crippen LogP contribution in [0.5, 0.6) is 0 Å². The van der Waals surface area contributed by atoms with Crippen LogP contribution in [0.2, 0.25) is 0 Å². The molecule has 5 nitrogen and oxygen atoms in total. The summed E-state index contributed by atoms with van der Waals surface area (Å²) in [6.45, 7) is 8.92. The van der Waals surface area contributed by atoms with Crippen LogP contribution in [0.1, 0.15) is 43.6 Å². The molecular formula is C15H22N2O3. The maximum absolute atomic E-state index is 12.0. The van der Waals surface area contributed by atoms with Gasteiger partial charge >= 0.3 is 5.97 Å². The number of hydrogen-bond donors (Lipinski definition) is 2. The number of nitrogens with two attached hydrogens (primary N) is 1. The molecule has 0 bridgehead atoms. The van der Waals surface area contributed by atoms with Gasteiger partial charge in [-0.05, 0) is 46.2 Å². The lowest BCUT2D eigenvalue weighted by Gasteiger charge is -2.23. The molecule has 3 N–H and O–H groups in total. The van der Waals surface area contributed by atoms with Crippen molar-refractivity contribution < 1.29 is 14.3 Å². The summed E-state index contributed by atoms with van der Waals surface area (Å²) in [7, 11) is 0. The molecule has 0 radical (unpaired) electrons. The summed E-state index contributed by atoms with van der Waals surface area (Å²) in [5.74, 6) is -0.931. The van der Waals surface area contributed by atoms with Crippen LogP contribution in [0, 0.1) is 6.92 Å². The monoisotopic (exact) mass is 278 g/mol. The van der Waals surface area contributed by atoms with Crippen LogP contribution in [-0.4, -0.2) is 23.5 Å². The number of carbonyl (C=O) groups is 2. The molecule has 0 fully saturated rings. The Balaban J connectivity index is 2.76. The van der Waals surface area contributed by atoms with Gasteiger partial charge in [0, 0.05) is 11.2 Å². The largest absolute Gasteiger partial charge is 0.449 e. The minimum absolute atomic E-state index is 0.278. The van der Waals surface area contributed by atoms with Gasteiger partial charge in [0.2, 0.25) is 0 Å². The molecule has 1 amide bonds. The number of rotatable bonds is 3. The molecule has 0 aliphatic carbocycles. The fraction of sp³-hybridized carbons (Fsp3) is 0.467. The van der Waals surface area contributed by atoms with Gasteiger partial charge in [0.05, 0.1) is 5.56 Å². The summed E-state index contributed by atoms with van der Waals surface area (Å²) in [6.07, 6.45) is -0.873. The number of esters is 1. The van der Waals surface area contributed by atoms with Crippen molar-refractivity contribution in [3.05, 3.63) is 29.3 Å². The normalized spacial score (nSPS) is 12.7. The molecule has 1 rings (SSSR count). The first-order valence-corrected chi connectivity index (χ1v) is 6.50. The minimum Gasteiger partial charge on any atom is -0.449 e. The van der Waals surface area contributed by atoms with Crippen molar-refractivity contribution in [2.24, 2.45) is 0 Å². The molecule has 20 heavy (non-hydrogen) atoms. The van der Waals surface area contributed by atoms with Crippen molar-refractivity contribution >= 4 is 17.6 Å². The quantitative estimate of drug-likeness (QED) is 0.655. The number of aryl methyl sites for hydroxylation is 1. The predicted molar refractivity (Wildman–Crippen MR) is 78.4 cm³/mol. The first-order chi connectivity index (χ1) is 9.11. The second-order valence-corrected chi connectivity index (χ2v) is 5.82. The van der Waals surface area contributed by atoms with Gasteiger partial charge < -0.3 is 15.8 Å². The first-order valence-electron chi connectivity index (χ1n) is 6.50. The van der Waals surface area contributed by atoms with E-state index in [1.807, 2.05) is 33.8 Å². The number of anilines is 1. The zero-order valence-electron chi connectivity index (χ0n) is 12.6. The Hall–Kier alpha value is -2.04. The van der Waals surface area contributed by atoms with Crippen LogP contribution in [0.25, 0.3) is 0 Å². The van der Waals surface area contributed by atoms with Gasteiger partial charge in [-0.25, -0.2) is 4.79 Å². The average molecular weight is 278 g/mol. The van der Waals surface area contributed by atoms with Gasteiger partial charge in [0.15, 0.2) is 6.10 Å². The molecule has 5 heteroatoms. The Morgan fingerprint density at radius 1 is 1.30 bits per heavy atom. The molecule has 1 aromatic rings. The molecule has 0 saturated heterocycles. The Morgan fingerprint density at radius 2 is 1.90 bits per heavy atom. The van der Waals surface area contributed by atoms with Crippen LogP contribution >= 0.6 is 0 Å². The number of para-hydroxylation sites is 1. The van der Waals surface area contributed by atoms with Gasteiger partial charge in [0.25, 0.3) is 5.91 Å². The van der Waals surface area contributed by atoms with Gasteiger partial charge in [-0.2, -0.15) is 0 Å². The fourth-order valence-corrected chi connectivity index (χ4v) is 1.61. The van der Waals surface area contributed by atoms with Crippen molar-refractivity contribution in [1.82, 2.24) is 5.32 Å². The Labute approximate surface area is 119 Å². The van der Waals surface area contributed by atoms with Crippen molar-refractivity contribution in [2.45, 2.75) is 46.3 Å². The predicted octanol–water partition coefficient (Wildman–Crippen LogP) is 2.04. The highest BCUT2D eigenvalue weighted by Gasteiger charge is 2.23. The topological polar surface area (TPSA) is 81.4 Å². The van der Waals surface area contributed by atoms with E-state index in [1.165, 1.54) is 6.92 Å². The lowest BCUT2D eigenvalue weighted by atomic mass is 10.1. The third-order valence-corrected chi connectivity index (χ3v) is 2.70. The molecule has 0 spiro atoms. The number of hydrogen-bond acceptors (Lipinski definition) is 4. The molecule has 0 heterocycles. The second kappa shape index (κ2) is 5.94. The molecule has 1 atom stereocenters. The fourth-order valence-electron chi connectivity index (χ4n) is 1.61. The molecule has 0 aromatic heterocycles. The highest BCUT2D eigenvalue weighted by atomic mass is 16.5. The summed E-state index contributed by atoms with van der Waals surface area (Å²) in [5, 5.41) is 2.75. The molecule has 1 aromatic carbocycles. The maximum Gasteiger partial charge on any atom is 0.341 e. The lowest BCUT2D eigenvalue weighted by Crippen LogP contribution is -2.46. The van der Waals surface area contributed by atoms with Gasteiger partial charge in [-0.15, -0.1) is 0 Å². The number of nitrogen functional groups attached to an aromatic ring is 1. The number of ether oxygens (including phenoxy) is 1. The zero-order chi connectivity index (χ0) is 15.5. The molecule has 0 aliphatic rings. The number of carbonyl (C=O) groups excluding carboxylic acids is 2. The van der Waals surface area contributed by atoms with E-state index in [1.54, 1.807) is 12.1 Å². The third-order valence-electron chi connectivity index (χ3n) is 2.70. The van der Waals surface area contributed by atoms with E-state index in [4.69, 9.17) is 10.5 Å². The van der Waals surface area contributed by atoms with Crippen LogP contribution in [0.4, 0.5) is 5.69 Å². The second-order valence-electron chi connectivity index (χ2n) is 5.82. The van der Waals surface area contributed by atoms with Crippen molar-refractivity contribution in [3.63, 3.8) is 0 Å². The van der Waals surface area contributed by atoms with E-state index in [0.717, 1.165) is 5.56 Å². The van der Waals surface area contributed by atoms with Crippen molar-refractivity contribution in [1.29, 1.82) is 0 Å². The van der Waals surface area contributed by atoms with E-state index in [0.29, 0.717) is 5.69 Å². The summed E-state index contributed by atoms with van der Waals surface area (Å²) < 4.78 is 5.15. The zero-order valence-corrected chi connectivity index (χ0v) is 12.6. The van der Waals surface area contributed by atoms with Crippen LogP contribution in [0.3, 0.4) is 0 Å². The summed E-state index contributed by atoms with van der Waals surface area (Å²) in [5.41, 5.74) is 6.91. The van der Waals surface area contributed by atoms with Crippen LogP contribution < -0.4 is 11.1 Å². The molecule has 110 valence electrons. The summed E-state index contributed by atoms with van der Waals surface area (Å²) in [6, 6.07) is 5.11. The number of benzene rings is 1. The summed E-state index contributed by atoms with van der Waals surface area (Å²) in [4.78, 5) is 23.9. The SMILES string of the molecule is Cc1cccc(C(=O)O[C@H](C)C(=O)NC(C)(C)C)c1N. The van der Waals surface area contributed by atoms with Crippen molar-refractivity contribution in [2.75, 3.05) is 5.73 Å². The Morgan fingerprint density at radius 3 is 2.45 bits per heavy atom. The standard InChI is InChI=1S/C15H22N2O3/c1-9-7-6-8-11(12(9)16)14(19)20-10(2)13(18)17-15(3,4)5/h6-8,10H,16H2,1-5H3,(H,17,18)/t10-/m1/s1. The maximum atomic E-state index is 12.0. The average Bonchev–Trinajstić information content (AvgIpc) is 2.30. The molecule has 0 aliphatic heterocycles. The third kappa shape index (κ3) is 4.26. The van der Waals surface area contributed by atoms with E-state index in [2.05, 4.69) is 5.32 Å². The number of amides is 1. The van der Waals surface area contributed by atoms with Gasteiger partial charge in [-0.1, -0.05) is 12.1 Å². The van der Waals surface area contributed by atoms with Gasteiger partial charge in [-0.3, -0.25) is 4.79 Å². The van der Waals surface area contributed by atoms with E-state index in [-0.39, 0.29) is 17.0 Å². The molecule has 0 unspecified atom stereocenters. The minimum atomic E-state index is -0.873. The summed E-state index contributed by atoms with van der Waals surface area (Å²) >= 11 is 0.